The molecule has 0 aromatic rings. The predicted molar refractivity (Wildman–Crippen MR) is 60.6 cm³/mol. The van der Waals surface area contributed by atoms with Gasteiger partial charge in [0.2, 0.25) is 0 Å². The van der Waals surface area contributed by atoms with Crippen molar-refractivity contribution in [3.05, 3.63) is 11.6 Å². The van der Waals surface area contributed by atoms with Crippen molar-refractivity contribution in [1.82, 2.24) is 9.80 Å². The first kappa shape index (κ1) is 10.5. The van der Waals surface area contributed by atoms with Gasteiger partial charge in [0.25, 0.3) is 0 Å². The summed E-state index contributed by atoms with van der Waals surface area (Å²) in [6.07, 6.45) is 2.73. The average molecular weight is 215 g/mol. The van der Waals surface area contributed by atoms with Crippen LogP contribution in [-0.2, 0) is 0 Å². The molecule has 2 heterocycles. The van der Waals surface area contributed by atoms with Crippen molar-refractivity contribution in [2.45, 2.75) is 31.8 Å². The van der Waals surface area contributed by atoms with Crippen LogP contribution >= 0.6 is 11.6 Å². The van der Waals surface area contributed by atoms with E-state index in [-0.39, 0.29) is 0 Å². The summed E-state index contributed by atoms with van der Waals surface area (Å²) in [5.41, 5.74) is 0. The Kier molecular flexibility index (Phi) is 3.15. The van der Waals surface area contributed by atoms with Gasteiger partial charge < -0.3 is 0 Å². The smallest absolute Gasteiger partial charge is 0.0339 e. The van der Waals surface area contributed by atoms with E-state index in [4.69, 9.17) is 11.6 Å². The van der Waals surface area contributed by atoms with Gasteiger partial charge in [-0.1, -0.05) is 18.2 Å². The van der Waals surface area contributed by atoms with Crippen LogP contribution in [0.1, 0.15) is 19.8 Å². The first-order valence-electron chi connectivity index (χ1n) is 5.48. The monoisotopic (exact) mass is 214 g/mol. The molecule has 0 radical (unpaired) electrons. The second kappa shape index (κ2) is 4.21. The third-order valence-electron chi connectivity index (χ3n) is 3.44. The van der Waals surface area contributed by atoms with E-state index in [0.717, 1.165) is 17.6 Å². The number of halogens is 1. The number of fused-ring (bicyclic) bond motifs is 1. The molecule has 2 unspecified atom stereocenters. The molecule has 80 valence electrons. The molecule has 2 atom stereocenters. The van der Waals surface area contributed by atoms with Gasteiger partial charge in [0.05, 0.1) is 0 Å². The molecule has 0 amide bonds. The van der Waals surface area contributed by atoms with Gasteiger partial charge in [-0.05, 0) is 26.3 Å². The maximum atomic E-state index is 5.87. The normalized spacial score (nSPS) is 34.4. The Bertz CT molecular complexity index is 229. The number of piperazine rings is 1. The predicted octanol–water partition coefficient (Wildman–Crippen LogP) is 1.91. The fourth-order valence-electron chi connectivity index (χ4n) is 2.69. The molecule has 2 nitrogen and oxygen atoms in total. The summed E-state index contributed by atoms with van der Waals surface area (Å²) in [6.45, 7) is 10.6. The van der Waals surface area contributed by atoms with E-state index in [1.807, 2.05) is 0 Å². The van der Waals surface area contributed by atoms with Crippen LogP contribution in [0, 0.1) is 0 Å². The fourth-order valence-corrected chi connectivity index (χ4v) is 2.84. The quantitative estimate of drug-likeness (QED) is 0.693. The minimum atomic E-state index is 0.625. The topological polar surface area (TPSA) is 6.48 Å². The van der Waals surface area contributed by atoms with Crippen LogP contribution in [0.15, 0.2) is 11.6 Å². The zero-order valence-corrected chi connectivity index (χ0v) is 9.63. The Morgan fingerprint density at radius 1 is 1.50 bits per heavy atom. The third-order valence-corrected chi connectivity index (χ3v) is 3.56. The Hall–Kier alpha value is -0.0500. The van der Waals surface area contributed by atoms with Crippen LogP contribution < -0.4 is 0 Å². The lowest BCUT2D eigenvalue weighted by Crippen LogP contribution is -2.55. The summed E-state index contributed by atoms with van der Waals surface area (Å²) >= 11 is 5.87. The average Bonchev–Trinajstić information content (AvgIpc) is 2.51. The van der Waals surface area contributed by atoms with E-state index in [1.54, 1.807) is 0 Å². The first-order valence-corrected chi connectivity index (χ1v) is 5.86. The summed E-state index contributed by atoms with van der Waals surface area (Å²) in [5, 5.41) is 0.767. The molecule has 0 aliphatic carbocycles. The van der Waals surface area contributed by atoms with Gasteiger partial charge in [0.1, 0.15) is 0 Å². The van der Waals surface area contributed by atoms with Crippen LogP contribution in [0.5, 0.6) is 0 Å². The lowest BCUT2D eigenvalue weighted by molar-refractivity contribution is 0.0678. The molecule has 0 N–H and O–H groups in total. The molecule has 0 aromatic carbocycles. The number of hydrogen-bond acceptors (Lipinski definition) is 2. The van der Waals surface area contributed by atoms with Crippen molar-refractivity contribution >= 4 is 11.6 Å². The molecular weight excluding hydrogens is 196 g/mol. The minimum absolute atomic E-state index is 0.625. The molecule has 0 bridgehead atoms. The standard InChI is InChI=1S/C11H19ClN2/c1-9(12)6-14-8-11-4-3-5-13(11)7-10(14)2/h10-11H,1,3-8H2,2H3. The van der Waals surface area contributed by atoms with Gasteiger partial charge in [-0.2, -0.15) is 0 Å². The van der Waals surface area contributed by atoms with Crippen molar-refractivity contribution in [1.29, 1.82) is 0 Å². The van der Waals surface area contributed by atoms with E-state index < -0.39 is 0 Å². The van der Waals surface area contributed by atoms with Crippen molar-refractivity contribution in [2.24, 2.45) is 0 Å². The summed E-state index contributed by atoms with van der Waals surface area (Å²) in [7, 11) is 0. The highest BCUT2D eigenvalue weighted by Crippen LogP contribution is 2.25. The van der Waals surface area contributed by atoms with E-state index >= 15 is 0 Å². The number of rotatable bonds is 2. The van der Waals surface area contributed by atoms with Gasteiger partial charge in [0.15, 0.2) is 0 Å². The van der Waals surface area contributed by atoms with Crippen LogP contribution in [-0.4, -0.2) is 48.1 Å². The second-order valence-corrected chi connectivity index (χ2v) is 5.12. The molecule has 3 heteroatoms. The van der Waals surface area contributed by atoms with Crippen molar-refractivity contribution in [3.8, 4) is 0 Å². The van der Waals surface area contributed by atoms with E-state index in [2.05, 4.69) is 23.3 Å². The largest absolute Gasteiger partial charge is 0.298 e. The van der Waals surface area contributed by atoms with Crippen LogP contribution in [0.4, 0.5) is 0 Å². The van der Waals surface area contributed by atoms with Crippen molar-refractivity contribution in [2.75, 3.05) is 26.2 Å². The molecular formula is C11H19ClN2. The van der Waals surface area contributed by atoms with E-state index in [9.17, 15) is 0 Å². The lowest BCUT2D eigenvalue weighted by atomic mass is 10.1. The molecule has 2 aliphatic heterocycles. The highest BCUT2D eigenvalue weighted by atomic mass is 35.5. The van der Waals surface area contributed by atoms with Crippen molar-refractivity contribution < 1.29 is 0 Å². The van der Waals surface area contributed by atoms with E-state index in [1.165, 1.54) is 32.5 Å². The minimum Gasteiger partial charge on any atom is -0.298 e. The zero-order chi connectivity index (χ0) is 10.1. The van der Waals surface area contributed by atoms with Gasteiger partial charge in [-0.15, -0.1) is 0 Å². The number of hydrogen-bond donors (Lipinski definition) is 0. The summed E-state index contributed by atoms with van der Waals surface area (Å²) in [6, 6.07) is 1.40. The highest BCUT2D eigenvalue weighted by molar-refractivity contribution is 6.29. The maximum Gasteiger partial charge on any atom is 0.0339 e. The first-order chi connectivity index (χ1) is 6.66. The van der Waals surface area contributed by atoms with Crippen LogP contribution in [0.3, 0.4) is 0 Å². The van der Waals surface area contributed by atoms with E-state index in [0.29, 0.717) is 6.04 Å². The van der Waals surface area contributed by atoms with Gasteiger partial charge >= 0.3 is 0 Å². The zero-order valence-electron chi connectivity index (χ0n) is 8.88. The maximum absolute atomic E-state index is 5.87. The Morgan fingerprint density at radius 3 is 3.00 bits per heavy atom. The summed E-state index contributed by atoms with van der Waals surface area (Å²) in [5.74, 6) is 0. The van der Waals surface area contributed by atoms with Crippen LogP contribution in [0.25, 0.3) is 0 Å². The number of nitrogens with zero attached hydrogens (tertiary/aromatic N) is 2. The molecule has 2 saturated heterocycles. The highest BCUT2D eigenvalue weighted by Gasteiger charge is 2.33. The van der Waals surface area contributed by atoms with Gasteiger partial charge in [-0.3, -0.25) is 9.80 Å². The molecule has 14 heavy (non-hydrogen) atoms. The third kappa shape index (κ3) is 2.13. The fraction of sp³-hybridized carbons (Fsp3) is 0.818. The van der Waals surface area contributed by atoms with Gasteiger partial charge in [-0.25, -0.2) is 0 Å². The molecule has 2 rings (SSSR count). The Balaban J connectivity index is 1.95. The molecule has 0 spiro atoms. The Labute approximate surface area is 91.5 Å². The summed E-state index contributed by atoms with van der Waals surface area (Å²) < 4.78 is 0. The molecule has 2 fully saturated rings. The van der Waals surface area contributed by atoms with Crippen molar-refractivity contribution in [3.63, 3.8) is 0 Å². The molecule has 0 saturated carbocycles. The molecule has 0 aromatic heterocycles. The molecule has 2 aliphatic rings. The van der Waals surface area contributed by atoms with Crippen LogP contribution in [0.2, 0.25) is 0 Å². The lowest BCUT2D eigenvalue weighted by Gasteiger charge is -2.42. The second-order valence-electron chi connectivity index (χ2n) is 4.59. The Morgan fingerprint density at radius 2 is 2.29 bits per heavy atom. The summed E-state index contributed by atoms with van der Waals surface area (Å²) in [4.78, 5) is 5.08. The van der Waals surface area contributed by atoms with Gasteiger partial charge in [0, 0.05) is 36.8 Å². The SMILES string of the molecule is C=C(Cl)CN1CC2CCCN2CC1C.